The molecule has 0 amide bonds. The molecule has 76 valence electrons. The standard InChI is InChI=1S/C7H2BrF4NO/c8-4-1-3(2-13-6(4)9)5(14)7(10,11)12/h1-2H. The number of carbonyl (C=O) groups is 1. The van der Waals surface area contributed by atoms with Crippen LogP contribution in [0.25, 0.3) is 0 Å². The van der Waals surface area contributed by atoms with Crippen LogP contribution in [-0.2, 0) is 0 Å². The minimum Gasteiger partial charge on any atom is -0.284 e. The predicted molar refractivity (Wildman–Crippen MR) is 42.3 cm³/mol. The highest BCUT2D eigenvalue weighted by molar-refractivity contribution is 9.10. The van der Waals surface area contributed by atoms with Gasteiger partial charge in [0.1, 0.15) is 0 Å². The quantitative estimate of drug-likeness (QED) is 0.447. The van der Waals surface area contributed by atoms with Crippen molar-refractivity contribution >= 4 is 21.7 Å². The molecule has 1 aromatic heterocycles. The minimum absolute atomic E-state index is 0.285. The Morgan fingerprint density at radius 1 is 1.43 bits per heavy atom. The Morgan fingerprint density at radius 2 is 2.00 bits per heavy atom. The van der Waals surface area contributed by atoms with Crippen molar-refractivity contribution in [1.82, 2.24) is 4.98 Å². The summed E-state index contributed by atoms with van der Waals surface area (Å²) in [5, 5.41) is 0. The Balaban J connectivity index is 3.10. The number of aromatic nitrogens is 1. The van der Waals surface area contributed by atoms with Gasteiger partial charge in [-0.1, -0.05) is 0 Å². The van der Waals surface area contributed by atoms with E-state index in [1.807, 2.05) is 0 Å². The van der Waals surface area contributed by atoms with Crippen LogP contribution >= 0.6 is 15.9 Å². The monoisotopic (exact) mass is 271 g/mol. The maximum atomic E-state index is 12.5. The number of hydrogen-bond acceptors (Lipinski definition) is 2. The predicted octanol–water partition coefficient (Wildman–Crippen LogP) is 2.73. The van der Waals surface area contributed by atoms with Crippen molar-refractivity contribution in [1.29, 1.82) is 0 Å². The summed E-state index contributed by atoms with van der Waals surface area (Å²) in [6.07, 6.45) is -4.44. The maximum absolute atomic E-state index is 12.5. The number of Topliss-reactive ketones (excluding diaryl/α,β-unsaturated/α-hetero) is 1. The first-order valence-corrected chi connectivity index (χ1v) is 4.04. The van der Waals surface area contributed by atoms with Crippen LogP contribution in [0.15, 0.2) is 16.7 Å². The van der Waals surface area contributed by atoms with Gasteiger partial charge in [0.05, 0.1) is 4.47 Å². The number of rotatable bonds is 1. The summed E-state index contributed by atoms with van der Waals surface area (Å²) in [6.45, 7) is 0. The lowest BCUT2D eigenvalue weighted by atomic mass is 10.2. The van der Waals surface area contributed by atoms with Gasteiger partial charge in [-0.15, -0.1) is 0 Å². The van der Waals surface area contributed by atoms with E-state index in [2.05, 4.69) is 20.9 Å². The summed E-state index contributed by atoms with van der Waals surface area (Å²) in [4.78, 5) is 13.6. The molecule has 0 unspecified atom stereocenters. The second-order valence-electron chi connectivity index (χ2n) is 2.32. The Hall–Kier alpha value is -0.980. The third-order valence-corrected chi connectivity index (χ3v) is 1.87. The van der Waals surface area contributed by atoms with Crippen LogP contribution in [0.5, 0.6) is 0 Å². The number of pyridine rings is 1. The van der Waals surface area contributed by atoms with Gasteiger partial charge < -0.3 is 0 Å². The van der Waals surface area contributed by atoms with Crippen molar-refractivity contribution in [2.75, 3.05) is 0 Å². The number of ketones is 1. The fourth-order valence-electron chi connectivity index (χ4n) is 0.709. The number of hydrogen-bond donors (Lipinski definition) is 0. The molecule has 0 aliphatic heterocycles. The van der Waals surface area contributed by atoms with E-state index < -0.39 is 23.5 Å². The molecule has 0 aliphatic rings. The molecule has 0 atom stereocenters. The fraction of sp³-hybridized carbons (Fsp3) is 0.143. The molecule has 0 radical (unpaired) electrons. The van der Waals surface area contributed by atoms with Gasteiger partial charge in [0, 0.05) is 11.8 Å². The number of alkyl halides is 3. The zero-order valence-corrected chi connectivity index (χ0v) is 7.99. The van der Waals surface area contributed by atoms with Crippen LogP contribution in [0.4, 0.5) is 17.6 Å². The molecule has 0 aromatic carbocycles. The lowest BCUT2D eigenvalue weighted by Gasteiger charge is -2.04. The Morgan fingerprint density at radius 3 is 2.43 bits per heavy atom. The molecule has 0 saturated heterocycles. The van der Waals surface area contributed by atoms with E-state index in [1.54, 1.807) is 0 Å². The summed E-state index contributed by atoms with van der Waals surface area (Å²) in [5.41, 5.74) is -0.703. The molecule has 0 fully saturated rings. The number of nitrogens with zero attached hydrogens (tertiary/aromatic N) is 1. The van der Waals surface area contributed by atoms with Crippen molar-refractivity contribution in [3.8, 4) is 0 Å². The van der Waals surface area contributed by atoms with Crippen molar-refractivity contribution in [2.24, 2.45) is 0 Å². The number of carbonyl (C=O) groups excluding carboxylic acids is 1. The van der Waals surface area contributed by atoms with Crippen molar-refractivity contribution in [3.05, 3.63) is 28.2 Å². The number of halogens is 5. The zero-order chi connectivity index (χ0) is 10.9. The third kappa shape index (κ3) is 2.28. The van der Waals surface area contributed by atoms with Crippen molar-refractivity contribution in [3.63, 3.8) is 0 Å². The topological polar surface area (TPSA) is 30.0 Å². The van der Waals surface area contributed by atoms with Crippen molar-refractivity contribution in [2.45, 2.75) is 6.18 Å². The van der Waals surface area contributed by atoms with Crippen LogP contribution in [0.1, 0.15) is 10.4 Å². The molecule has 0 spiro atoms. The fourth-order valence-corrected chi connectivity index (χ4v) is 1.06. The van der Waals surface area contributed by atoms with Gasteiger partial charge >= 0.3 is 6.18 Å². The van der Waals surface area contributed by atoms with E-state index in [9.17, 15) is 22.4 Å². The normalized spacial score (nSPS) is 11.5. The van der Waals surface area contributed by atoms with E-state index in [4.69, 9.17) is 0 Å². The summed E-state index contributed by atoms with van der Waals surface area (Å²) < 4.78 is 47.9. The van der Waals surface area contributed by atoms with Gasteiger partial charge in [-0.3, -0.25) is 4.79 Å². The van der Waals surface area contributed by atoms with Gasteiger partial charge in [-0.2, -0.15) is 17.6 Å². The summed E-state index contributed by atoms with van der Waals surface area (Å²) in [7, 11) is 0. The highest BCUT2D eigenvalue weighted by Gasteiger charge is 2.39. The minimum atomic E-state index is -4.97. The van der Waals surface area contributed by atoms with E-state index in [-0.39, 0.29) is 4.47 Å². The second kappa shape index (κ2) is 3.64. The summed E-state index contributed by atoms with van der Waals surface area (Å²) in [6, 6.07) is 0.734. The van der Waals surface area contributed by atoms with Crippen LogP contribution in [0, 0.1) is 5.95 Å². The lowest BCUT2D eigenvalue weighted by molar-refractivity contribution is -0.0885. The molecule has 0 bridgehead atoms. The molecule has 14 heavy (non-hydrogen) atoms. The summed E-state index contributed by atoms with van der Waals surface area (Å²) in [5.74, 6) is -3.02. The first kappa shape index (κ1) is 11.1. The van der Waals surface area contributed by atoms with Gasteiger partial charge in [-0.25, -0.2) is 4.98 Å². The molecular formula is C7H2BrF4NO. The van der Waals surface area contributed by atoms with Crippen molar-refractivity contribution < 1.29 is 22.4 Å². The average molecular weight is 272 g/mol. The third-order valence-electron chi connectivity index (χ3n) is 1.32. The van der Waals surface area contributed by atoms with Gasteiger partial charge in [0.15, 0.2) is 0 Å². The first-order valence-electron chi connectivity index (χ1n) is 3.25. The van der Waals surface area contributed by atoms with Crippen LogP contribution < -0.4 is 0 Å². The Bertz CT molecular complexity index is 376. The lowest BCUT2D eigenvalue weighted by Crippen LogP contribution is -2.22. The largest absolute Gasteiger partial charge is 0.454 e. The first-order chi connectivity index (χ1) is 6.32. The molecule has 1 heterocycles. The molecule has 2 nitrogen and oxygen atoms in total. The Kier molecular flexibility index (Phi) is 2.89. The molecule has 1 rings (SSSR count). The zero-order valence-electron chi connectivity index (χ0n) is 6.40. The average Bonchev–Trinajstić information content (AvgIpc) is 2.07. The highest BCUT2D eigenvalue weighted by Crippen LogP contribution is 2.23. The summed E-state index contributed by atoms with van der Waals surface area (Å²) >= 11 is 2.62. The molecule has 1 aromatic rings. The maximum Gasteiger partial charge on any atom is 0.454 e. The molecular weight excluding hydrogens is 270 g/mol. The molecule has 0 N–H and O–H groups in total. The van der Waals surface area contributed by atoms with Gasteiger partial charge in [0.2, 0.25) is 5.95 Å². The van der Waals surface area contributed by atoms with E-state index in [1.165, 1.54) is 0 Å². The van der Waals surface area contributed by atoms with E-state index in [0.717, 1.165) is 6.07 Å². The van der Waals surface area contributed by atoms with Gasteiger partial charge in [-0.05, 0) is 22.0 Å². The second-order valence-corrected chi connectivity index (χ2v) is 3.18. The van der Waals surface area contributed by atoms with Crippen LogP contribution in [0.3, 0.4) is 0 Å². The molecule has 0 saturated carbocycles. The van der Waals surface area contributed by atoms with Crippen LogP contribution in [0.2, 0.25) is 0 Å². The van der Waals surface area contributed by atoms with Crippen LogP contribution in [-0.4, -0.2) is 16.9 Å². The SMILES string of the molecule is O=C(c1cnc(F)c(Br)c1)C(F)(F)F. The smallest absolute Gasteiger partial charge is 0.284 e. The highest BCUT2D eigenvalue weighted by atomic mass is 79.9. The van der Waals surface area contributed by atoms with Gasteiger partial charge in [0.25, 0.3) is 5.78 Å². The Labute approximate surface area is 84.1 Å². The van der Waals surface area contributed by atoms with E-state index in [0.29, 0.717) is 6.20 Å². The molecule has 7 heteroatoms. The van der Waals surface area contributed by atoms with E-state index >= 15 is 0 Å². The molecule has 0 aliphatic carbocycles.